The first-order valence-corrected chi connectivity index (χ1v) is 6.02. The molecule has 0 unspecified atom stereocenters. The van der Waals surface area contributed by atoms with E-state index in [1.165, 1.54) is 12.1 Å². The highest BCUT2D eigenvalue weighted by Gasteiger charge is 2.13. The highest BCUT2D eigenvalue weighted by atomic mass is 16.6. The topological polar surface area (TPSA) is 91.8 Å². The van der Waals surface area contributed by atoms with Gasteiger partial charge in [-0.3, -0.25) is 15.1 Å². The SMILES string of the molecule is N#Cc1ccc(NCCc2cccnc2)cc1[N+](=O)[O-]. The van der Waals surface area contributed by atoms with Crippen LogP contribution >= 0.6 is 0 Å². The van der Waals surface area contributed by atoms with Gasteiger partial charge >= 0.3 is 0 Å². The fourth-order valence-electron chi connectivity index (χ4n) is 1.78. The van der Waals surface area contributed by atoms with Gasteiger partial charge in [0.15, 0.2) is 0 Å². The molecule has 20 heavy (non-hydrogen) atoms. The van der Waals surface area contributed by atoms with Crippen LogP contribution in [0.5, 0.6) is 0 Å². The summed E-state index contributed by atoms with van der Waals surface area (Å²) in [5.41, 5.74) is 1.59. The molecule has 0 aliphatic heterocycles. The normalized spacial score (nSPS) is 9.75. The van der Waals surface area contributed by atoms with Gasteiger partial charge in [-0.2, -0.15) is 5.26 Å². The van der Waals surface area contributed by atoms with Crippen molar-refractivity contribution in [1.82, 2.24) is 4.98 Å². The molecule has 0 spiro atoms. The summed E-state index contributed by atoms with van der Waals surface area (Å²) in [5, 5.41) is 22.7. The Morgan fingerprint density at radius 2 is 2.25 bits per heavy atom. The third kappa shape index (κ3) is 3.29. The smallest absolute Gasteiger partial charge is 0.289 e. The van der Waals surface area contributed by atoms with Crippen molar-refractivity contribution in [1.29, 1.82) is 5.26 Å². The standard InChI is InChI=1S/C14H12N4O2/c15-9-12-3-4-13(8-14(12)18(19)20)17-7-5-11-2-1-6-16-10-11/h1-4,6,8,10,17H,5,7H2. The summed E-state index contributed by atoms with van der Waals surface area (Å²) in [6, 6.07) is 10.1. The van der Waals surface area contributed by atoms with E-state index in [1.807, 2.05) is 18.2 Å². The van der Waals surface area contributed by atoms with Crippen molar-refractivity contribution in [2.24, 2.45) is 0 Å². The second kappa shape index (κ2) is 6.29. The van der Waals surface area contributed by atoms with Crippen LogP contribution in [0.4, 0.5) is 11.4 Å². The van der Waals surface area contributed by atoms with Crippen molar-refractivity contribution in [2.75, 3.05) is 11.9 Å². The number of nitro groups is 1. The van der Waals surface area contributed by atoms with Crippen LogP contribution in [-0.4, -0.2) is 16.5 Å². The average Bonchev–Trinajstić information content (AvgIpc) is 2.48. The van der Waals surface area contributed by atoms with Gasteiger partial charge in [-0.25, -0.2) is 0 Å². The molecule has 6 heteroatoms. The van der Waals surface area contributed by atoms with Gasteiger partial charge < -0.3 is 5.32 Å². The molecule has 1 N–H and O–H groups in total. The summed E-state index contributed by atoms with van der Waals surface area (Å²) in [5.74, 6) is 0. The maximum atomic E-state index is 10.8. The number of hydrogen-bond donors (Lipinski definition) is 1. The molecule has 100 valence electrons. The lowest BCUT2D eigenvalue weighted by Crippen LogP contribution is -2.05. The summed E-state index contributed by atoms with van der Waals surface area (Å²) < 4.78 is 0. The zero-order valence-electron chi connectivity index (χ0n) is 10.6. The highest BCUT2D eigenvalue weighted by molar-refractivity contribution is 5.59. The molecular formula is C14H12N4O2. The predicted octanol–water partition coefficient (Wildman–Crippen LogP) is 2.52. The summed E-state index contributed by atoms with van der Waals surface area (Å²) in [6.45, 7) is 0.634. The Balaban J connectivity index is 2.02. The Bertz CT molecular complexity index is 650. The van der Waals surface area contributed by atoms with Crippen molar-refractivity contribution < 1.29 is 4.92 Å². The van der Waals surface area contributed by atoms with E-state index < -0.39 is 4.92 Å². The van der Waals surface area contributed by atoms with Gasteiger partial charge in [-0.1, -0.05) is 6.07 Å². The Kier molecular flexibility index (Phi) is 4.24. The summed E-state index contributed by atoms with van der Waals surface area (Å²) >= 11 is 0. The van der Waals surface area contributed by atoms with Crippen molar-refractivity contribution in [3.05, 3.63) is 64.0 Å². The van der Waals surface area contributed by atoms with Crippen molar-refractivity contribution in [3.8, 4) is 6.07 Å². The zero-order valence-corrected chi connectivity index (χ0v) is 10.6. The molecule has 1 aromatic heterocycles. The molecule has 2 aromatic rings. The minimum absolute atomic E-state index is 0.0628. The van der Waals surface area contributed by atoms with Crippen LogP contribution < -0.4 is 5.32 Å². The highest BCUT2D eigenvalue weighted by Crippen LogP contribution is 2.22. The van der Waals surface area contributed by atoms with E-state index in [4.69, 9.17) is 5.26 Å². The Hall–Kier alpha value is -2.94. The lowest BCUT2D eigenvalue weighted by molar-refractivity contribution is -0.385. The average molecular weight is 268 g/mol. The van der Waals surface area contributed by atoms with Crippen LogP contribution in [0.25, 0.3) is 0 Å². The molecule has 1 heterocycles. The lowest BCUT2D eigenvalue weighted by Gasteiger charge is -2.06. The van der Waals surface area contributed by atoms with Gasteiger partial charge in [-0.05, 0) is 30.2 Å². The first-order valence-electron chi connectivity index (χ1n) is 6.02. The summed E-state index contributed by atoms with van der Waals surface area (Å²) in [6.07, 6.45) is 4.26. The van der Waals surface area contributed by atoms with Gasteiger partial charge in [0.25, 0.3) is 5.69 Å². The third-order valence-electron chi connectivity index (χ3n) is 2.78. The van der Waals surface area contributed by atoms with E-state index in [0.29, 0.717) is 12.2 Å². The maximum Gasteiger partial charge on any atom is 0.289 e. The first kappa shape index (κ1) is 13.5. The van der Waals surface area contributed by atoms with Crippen molar-refractivity contribution in [3.63, 3.8) is 0 Å². The molecule has 0 saturated heterocycles. The van der Waals surface area contributed by atoms with Crippen LogP contribution in [0.1, 0.15) is 11.1 Å². The second-order valence-corrected chi connectivity index (χ2v) is 4.14. The predicted molar refractivity (Wildman–Crippen MR) is 74.2 cm³/mol. The summed E-state index contributed by atoms with van der Waals surface area (Å²) in [4.78, 5) is 14.3. The fraction of sp³-hybridized carbons (Fsp3) is 0.143. The monoisotopic (exact) mass is 268 g/mol. The fourth-order valence-corrected chi connectivity index (χ4v) is 1.78. The molecule has 0 fully saturated rings. The Morgan fingerprint density at radius 3 is 2.90 bits per heavy atom. The Labute approximate surface area is 115 Å². The van der Waals surface area contributed by atoms with Gasteiger partial charge in [-0.15, -0.1) is 0 Å². The largest absolute Gasteiger partial charge is 0.385 e. The van der Waals surface area contributed by atoms with Gasteiger partial charge in [0, 0.05) is 30.7 Å². The minimum Gasteiger partial charge on any atom is -0.385 e. The minimum atomic E-state index is -0.551. The van der Waals surface area contributed by atoms with E-state index in [-0.39, 0.29) is 11.3 Å². The molecule has 0 radical (unpaired) electrons. The number of pyridine rings is 1. The quantitative estimate of drug-likeness (QED) is 0.664. The molecule has 6 nitrogen and oxygen atoms in total. The number of aromatic nitrogens is 1. The van der Waals surface area contributed by atoms with E-state index in [2.05, 4.69) is 10.3 Å². The molecule has 0 aliphatic carbocycles. The number of nitriles is 1. The van der Waals surface area contributed by atoms with Crippen molar-refractivity contribution >= 4 is 11.4 Å². The molecule has 0 atom stereocenters. The van der Waals surface area contributed by atoms with E-state index in [0.717, 1.165) is 12.0 Å². The molecule has 0 aliphatic rings. The number of nitrogens with zero attached hydrogens (tertiary/aromatic N) is 3. The number of rotatable bonds is 5. The third-order valence-corrected chi connectivity index (χ3v) is 2.78. The summed E-state index contributed by atoms with van der Waals surface area (Å²) in [7, 11) is 0. The van der Waals surface area contributed by atoms with Crippen molar-refractivity contribution in [2.45, 2.75) is 6.42 Å². The van der Waals surface area contributed by atoms with Gasteiger partial charge in [0.2, 0.25) is 0 Å². The number of anilines is 1. The second-order valence-electron chi connectivity index (χ2n) is 4.14. The molecule has 2 rings (SSSR count). The molecule has 0 amide bonds. The number of benzene rings is 1. The molecule has 1 aromatic carbocycles. The molecule has 0 saturated carbocycles. The van der Waals surface area contributed by atoms with Crippen LogP contribution in [0.15, 0.2) is 42.7 Å². The van der Waals surface area contributed by atoms with E-state index in [1.54, 1.807) is 18.5 Å². The van der Waals surface area contributed by atoms with Crippen LogP contribution in [0.3, 0.4) is 0 Å². The number of nitrogens with one attached hydrogen (secondary N) is 1. The zero-order chi connectivity index (χ0) is 14.4. The van der Waals surface area contributed by atoms with E-state index >= 15 is 0 Å². The van der Waals surface area contributed by atoms with E-state index in [9.17, 15) is 10.1 Å². The lowest BCUT2D eigenvalue weighted by atomic mass is 10.1. The van der Waals surface area contributed by atoms with Crippen LogP contribution in [-0.2, 0) is 6.42 Å². The van der Waals surface area contributed by atoms with Gasteiger partial charge in [0.05, 0.1) is 4.92 Å². The van der Waals surface area contributed by atoms with Gasteiger partial charge in [0.1, 0.15) is 11.6 Å². The maximum absolute atomic E-state index is 10.8. The van der Waals surface area contributed by atoms with Crippen LogP contribution in [0, 0.1) is 21.4 Å². The number of hydrogen-bond acceptors (Lipinski definition) is 5. The molecule has 0 bridgehead atoms. The van der Waals surface area contributed by atoms with Crippen LogP contribution in [0.2, 0.25) is 0 Å². The number of nitro benzene ring substituents is 1. The first-order chi connectivity index (χ1) is 9.70. The Morgan fingerprint density at radius 1 is 1.40 bits per heavy atom. The molecular weight excluding hydrogens is 256 g/mol.